The van der Waals surface area contributed by atoms with Crippen molar-refractivity contribution in [3.63, 3.8) is 0 Å². The van der Waals surface area contributed by atoms with Gasteiger partial charge in [-0.2, -0.15) is 0 Å². The molecule has 5 nitrogen and oxygen atoms in total. The molecule has 3 aromatic rings. The molecule has 19 heavy (non-hydrogen) atoms. The van der Waals surface area contributed by atoms with Gasteiger partial charge >= 0.3 is 0 Å². The maximum Gasteiger partial charge on any atom is 0.292 e. The molecule has 2 aromatic carbocycles. The number of nitrogens with zero attached hydrogens (tertiary/aromatic N) is 2. The molecule has 0 radical (unpaired) electrons. The first kappa shape index (κ1) is 11.6. The van der Waals surface area contributed by atoms with Crippen LogP contribution in [0.1, 0.15) is 0 Å². The number of hydrogen-bond donors (Lipinski definition) is 1. The quantitative estimate of drug-likeness (QED) is 0.578. The van der Waals surface area contributed by atoms with Crippen LogP contribution in [0, 0.1) is 10.1 Å². The highest BCUT2D eigenvalue weighted by molar-refractivity contribution is 7.22. The maximum atomic E-state index is 10.9. The molecule has 0 fully saturated rings. The van der Waals surface area contributed by atoms with E-state index in [1.165, 1.54) is 17.4 Å². The summed E-state index contributed by atoms with van der Waals surface area (Å²) >= 11 is 1.47. The molecule has 0 aliphatic heterocycles. The number of nitrogens with one attached hydrogen (secondary N) is 1. The van der Waals surface area contributed by atoms with Crippen LogP contribution in [0.3, 0.4) is 0 Å². The first-order valence-corrected chi connectivity index (χ1v) is 6.42. The summed E-state index contributed by atoms with van der Waals surface area (Å²) in [5, 5.41) is 14.6. The molecule has 1 aromatic heterocycles. The molecule has 0 atom stereocenters. The number of hydrogen-bond acceptors (Lipinski definition) is 5. The minimum absolute atomic E-state index is 0.0433. The molecule has 0 aliphatic rings. The van der Waals surface area contributed by atoms with Crippen LogP contribution in [0.25, 0.3) is 10.2 Å². The van der Waals surface area contributed by atoms with Crippen molar-refractivity contribution in [3.05, 3.63) is 58.6 Å². The van der Waals surface area contributed by atoms with Crippen molar-refractivity contribution < 1.29 is 4.92 Å². The number of para-hydroxylation sites is 3. The van der Waals surface area contributed by atoms with Crippen LogP contribution in [0.4, 0.5) is 16.5 Å². The van der Waals surface area contributed by atoms with Crippen molar-refractivity contribution in [1.82, 2.24) is 4.98 Å². The van der Waals surface area contributed by atoms with E-state index in [9.17, 15) is 10.1 Å². The summed E-state index contributed by atoms with van der Waals surface area (Å²) in [5.41, 5.74) is 1.38. The Morgan fingerprint density at radius 2 is 1.84 bits per heavy atom. The summed E-state index contributed by atoms with van der Waals surface area (Å²) in [4.78, 5) is 14.9. The van der Waals surface area contributed by atoms with Gasteiger partial charge in [0.05, 0.1) is 15.1 Å². The number of benzene rings is 2. The summed E-state index contributed by atoms with van der Waals surface area (Å²) in [6, 6.07) is 14.3. The lowest BCUT2D eigenvalue weighted by molar-refractivity contribution is -0.383. The number of nitro benzene ring substituents is 1. The first-order chi connectivity index (χ1) is 9.24. The molecule has 0 spiro atoms. The van der Waals surface area contributed by atoms with Crippen LogP contribution in [0.2, 0.25) is 0 Å². The van der Waals surface area contributed by atoms with E-state index in [-0.39, 0.29) is 5.69 Å². The zero-order chi connectivity index (χ0) is 13.2. The van der Waals surface area contributed by atoms with Gasteiger partial charge in [0.25, 0.3) is 5.69 Å². The Hall–Kier alpha value is -2.47. The van der Waals surface area contributed by atoms with Gasteiger partial charge in [-0.05, 0) is 18.2 Å². The Bertz CT molecular complexity index is 721. The molecule has 1 heterocycles. The molecular formula is C13H9N3O2S. The minimum atomic E-state index is -0.407. The third-order valence-corrected chi connectivity index (χ3v) is 3.59. The monoisotopic (exact) mass is 271 g/mol. The number of fused-ring (bicyclic) bond motifs is 1. The molecule has 6 heteroatoms. The molecule has 0 amide bonds. The average Bonchev–Trinajstić information content (AvgIpc) is 2.81. The van der Waals surface area contributed by atoms with Crippen LogP contribution in [0.5, 0.6) is 0 Å². The van der Waals surface area contributed by atoms with Crippen molar-refractivity contribution in [3.8, 4) is 0 Å². The summed E-state index contributed by atoms with van der Waals surface area (Å²) in [7, 11) is 0. The van der Waals surface area contributed by atoms with E-state index in [4.69, 9.17) is 0 Å². The molecule has 3 rings (SSSR count). The van der Waals surface area contributed by atoms with Gasteiger partial charge in [-0.15, -0.1) is 0 Å². The van der Waals surface area contributed by atoms with Gasteiger partial charge < -0.3 is 5.32 Å². The Morgan fingerprint density at radius 3 is 2.63 bits per heavy atom. The molecule has 0 unspecified atom stereocenters. The SMILES string of the molecule is O=[N+]([O-])c1ccccc1Nc1nc2ccccc2s1. The molecule has 0 aliphatic carbocycles. The normalized spacial score (nSPS) is 10.5. The van der Waals surface area contributed by atoms with Crippen LogP contribution in [0.15, 0.2) is 48.5 Å². The highest BCUT2D eigenvalue weighted by Gasteiger charge is 2.13. The lowest BCUT2D eigenvalue weighted by Gasteiger charge is -2.02. The second kappa shape index (κ2) is 4.66. The lowest BCUT2D eigenvalue weighted by Crippen LogP contribution is -1.95. The summed E-state index contributed by atoms with van der Waals surface area (Å²) < 4.78 is 1.04. The van der Waals surface area contributed by atoms with Crippen LogP contribution < -0.4 is 5.32 Å². The highest BCUT2D eigenvalue weighted by atomic mass is 32.1. The van der Waals surface area contributed by atoms with Crippen molar-refractivity contribution in [1.29, 1.82) is 0 Å². The van der Waals surface area contributed by atoms with E-state index in [1.54, 1.807) is 18.2 Å². The van der Waals surface area contributed by atoms with E-state index in [2.05, 4.69) is 10.3 Å². The average molecular weight is 271 g/mol. The highest BCUT2D eigenvalue weighted by Crippen LogP contribution is 2.31. The van der Waals surface area contributed by atoms with E-state index < -0.39 is 4.92 Å². The van der Waals surface area contributed by atoms with Crippen LogP contribution >= 0.6 is 11.3 Å². The summed E-state index contributed by atoms with van der Waals surface area (Å²) in [5.74, 6) is 0. The second-order valence-electron chi connectivity index (χ2n) is 3.89. The van der Waals surface area contributed by atoms with Gasteiger partial charge in [0.2, 0.25) is 0 Å². The molecular weight excluding hydrogens is 262 g/mol. The van der Waals surface area contributed by atoms with Gasteiger partial charge in [0, 0.05) is 6.07 Å². The predicted molar refractivity (Wildman–Crippen MR) is 76.0 cm³/mol. The van der Waals surface area contributed by atoms with Crippen molar-refractivity contribution in [2.75, 3.05) is 5.32 Å². The molecule has 1 N–H and O–H groups in total. The number of anilines is 2. The molecule has 0 saturated carbocycles. The number of aromatic nitrogens is 1. The minimum Gasteiger partial charge on any atom is -0.326 e. The summed E-state index contributed by atoms with van der Waals surface area (Å²) in [6.45, 7) is 0. The third kappa shape index (κ3) is 2.25. The van der Waals surface area contributed by atoms with Gasteiger partial charge in [-0.25, -0.2) is 4.98 Å². The summed E-state index contributed by atoms with van der Waals surface area (Å²) in [6.07, 6.45) is 0. The first-order valence-electron chi connectivity index (χ1n) is 5.60. The fourth-order valence-electron chi connectivity index (χ4n) is 1.78. The topological polar surface area (TPSA) is 68.1 Å². The van der Waals surface area contributed by atoms with Crippen molar-refractivity contribution in [2.45, 2.75) is 0 Å². The zero-order valence-corrected chi connectivity index (χ0v) is 10.6. The number of thiazole rings is 1. The fraction of sp³-hybridized carbons (Fsp3) is 0. The van der Waals surface area contributed by atoms with Gasteiger partial charge in [-0.3, -0.25) is 10.1 Å². The maximum absolute atomic E-state index is 10.9. The van der Waals surface area contributed by atoms with E-state index in [0.29, 0.717) is 10.8 Å². The third-order valence-electron chi connectivity index (χ3n) is 2.64. The largest absolute Gasteiger partial charge is 0.326 e. The molecule has 94 valence electrons. The zero-order valence-electron chi connectivity index (χ0n) is 9.74. The Morgan fingerprint density at radius 1 is 1.11 bits per heavy atom. The van der Waals surface area contributed by atoms with Gasteiger partial charge in [0.15, 0.2) is 5.13 Å². The number of rotatable bonds is 3. The van der Waals surface area contributed by atoms with Crippen LogP contribution in [-0.4, -0.2) is 9.91 Å². The Kier molecular flexibility index (Phi) is 2.85. The molecule has 0 saturated heterocycles. The van der Waals surface area contributed by atoms with E-state index in [1.807, 2.05) is 24.3 Å². The van der Waals surface area contributed by atoms with Crippen molar-refractivity contribution >= 4 is 38.1 Å². The Balaban J connectivity index is 1.99. The van der Waals surface area contributed by atoms with Gasteiger partial charge in [-0.1, -0.05) is 35.6 Å². The standard InChI is InChI=1S/C13H9N3O2S/c17-16(18)11-7-3-1-5-9(11)14-13-15-10-6-2-4-8-12(10)19-13/h1-8H,(H,14,15). The smallest absolute Gasteiger partial charge is 0.292 e. The van der Waals surface area contributed by atoms with Crippen molar-refractivity contribution in [2.24, 2.45) is 0 Å². The predicted octanol–water partition coefficient (Wildman–Crippen LogP) is 3.95. The van der Waals surface area contributed by atoms with E-state index in [0.717, 1.165) is 10.2 Å². The fourth-order valence-corrected chi connectivity index (χ4v) is 2.66. The van der Waals surface area contributed by atoms with E-state index >= 15 is 0 Å². The lowest BCUT2D eigenvalue weighted by atomic mass is 10.3. The van der Waals surface area contributed by atoms with Crippen LogP contribution in [-0.2, 0) is 0 Å². The van der Waals surface area contributed by atoms with Gasteiger partial charge in [0.1, 0.15) is 5.69 Å². The number of nitro groups is 1. The molecule has 0 bridgehead atoms. The second-order valence-corrected chi connectivity index (χ2v) is 4.92. The Labute approximate surface area is 112 Å².